The molecule has 1 aromatic carbocycles. The van der Waals surface area contributed by atoms with E-state index in [1.165, 1.54) is 11.1 Å². The van der Waals surface area contributed by atoms with Crippen molar-refractivity contribution in [1.29, 1.82) is 0 Å². The zero-order chi connectivity index (χ0) is 9.47. The van der Waals surface area contributed by atoms with Crippen molar-refractivity contribution in [3.05, 3.63) is 41.5 Å². The summed E-state index contributed by atoms with van der Waals surface area (Å²) in [7, 11) is 0. The first-order valence-electron chi connectivity index (χ1n) is 4.21. The number of allylic oxidation sites excluding steroid dienone is 1. The summed E-state index contributed by atoms with van der Waals surface area (Å²) in [5.41, 5.74) is 2.04. The van der Waals surface area contributed by atoms with Gasteiger partial charge >= 0.3 is 5.54 Å². The minimum Gasteiger partial charge on any atom is -0.170 e. The first-order chi connectivity index (χ1) is 6.14. The fraction of sp³-hybridized carbons (Fsp3) is 0.200. The molecule has 0 bridgehead atoms. The molecule has 66 valence electrons. The molecule has 13 heavy (non-hydrogen) atoms. The molecule has 0 N–H and O–H groups in total. The van der Waals surface area contributed by atoms with Gasteiger partial charge in [-0.15, -0.1) is 0 Å². The van der Waals surface area contributed by atoms with Crippen LogP contribution in [0.3, 0.4) is 0 Å². The standard InChI is InChI=1S/C10H9BCl2/c1-10(11(12)13)7-6-8-4-2-3-5-9(8)10/h2-7H,1H3. The smallest absolute Gasteiger partial charge is 0.170 e. The second-order valence-corrected chi connectivity index (χ2v) is 4.60. The lowest BCUT2D eigenvalue weighted by Gasteiger charge is -2.22. The number of fused-ring (bicyclic) bond motifs is 1. The summed E-state index contributed by atoms with van der Waals surface area (Å²) in [4.78, 5) is 0. The fourth-order valence-electron chi connectivity index (χ4n) is 1.68. The Bertz CT molecular complexity index is 360. The van der Waals surface area contributed by atoms with Gasteiger partial charge in [0.25, 0.3) is 0 Å². The van der Waals surface area contributed by atoms with Crippen molar-refractivity contribution in [2.75, 3.05) is 0 Å². The van der Waals surface area contributed by atoms with Crippen LogP contribution in [0.5, 0.6) is 0 Å². The van der Waals surface area contributed by atoms with Crippen molar-refractivity contribution in [2.24, 2.45) is 0 Å². The van der Waals surface area contributed by atoms with Crippen LogP contribution >= 0.6 is 22.9 Å². The maximum absolute atomic E-state index is 5.97. The van der Waals surface area contributed by atoms with Gasteiger partial charge in [0.05, 0.1) is 0 Å². The highest BCUT2D eigenvalue weighted by Crippen LogP contribution is 2.39. The monoisotopic (exact) mass is 210 g/mol. The molecule has 0 amide bonds. The van der Waals surface area contributed by atoms with Gasteiger partial charge in [0.1, 0.15) is 0 Å². The normalized spacial score (nSPS) is 24.5. The third-order valence-electron chi connectivity index (χ3n) is 2.60. The van der Waals surface area contributed by atoms with Crippen LogP contribution in [0.1, 0.15) is 18.1 Å². The molecular formula is C10H9BCl2. The number of halogens is 2. The van der Waals surface area contributed by atoms with Crippen LogP contribution in [-0.4, -0.2) is 5.54 Å². The van der Waals surface area contributed by atoms with Crippen molar-refractivity contribution < 1.29 is 0 Å². The van der Waals surface area contributed by atoms with Gasteiger partial charge in [-0.2, -0.15) is 22.9 Å². The van der Waals surface area contributed by atoms with Crippen LogP contribution in [-0.2, 0) is 5.31 Å². The Hall–Kier alpha value is -0.395. The average Bonchev–Trinajstić information content (AvgIpc) is 2.47. The molecule has 1 aliphatic rings. The SMILES string of the molecule is CC1(B(Cl)Cl)C=Cc2ccccc21. The summed E-state index contributed by atoms with van der Waals surface area (Å²) in [6.07, 6.45) is 4.15. The molecule has 0 spiro atoms. The number of rotatable bonds is 1. The minimum absolute atomic E-state index is 0.223. The Kier molecular flexibility index (Phi) is 2.17. The van der Waals surface area contributed by atoms with Crippen molar-refractivity contribution in [1.82, 2.24) is 0 Å². The van der Waals surface area contributed by atoms with Crippen molar-refractivity contribution in [3.8, 4) is 0 Å². The first-order valence-corrected chi connectivity index (χ1v) is 5.09. The third-order valence-corrected chi connectivity index (χ3v) is 3.51. The summed E-state index contributed by atoms with van der Waals surface area (Å²) in [6, 6.07) is 8.19. The van der Waals surface area contributed by atoms with Crippen LogP contribution in [0.15, 0.2) is 30.3 Å². The van der Waals surface area contributed by atoms with Gasteiger partial charge in [-0.1, -0.05) is 43.3 Å². The van der Waals surface area contributed by atoms with Gasteiger partial charge in [-0.05, 0) is 11.1 Å². The fourth-order valence-corrected chi connectivity index (χ4v) is 2.06. The number of hydrogen-bond acceptors (Lipinski definition) is 0. The Morgan fingerprint density at radius 3 is 2.62 bits per heavy atom. The van der Waals surface area contributed by atoms with Gasteiger partial charge in [-0.25, -0.2) is 0 Å². The van der Waals surface area contributed by atoms with E-state index in [0.29, 0.717) is 0 Å². The van der Waals surface area contributed by atoms with E-state index in [4.69, 9.17) is 22.9 Å². The van der Waals surface area contributed by atoms with Crippen LogP contribution in [0.4, 0.5) is 0 Å². The van der Waals surface area contributed by atoms with Crippen molar-refractivity contribution >= 4 is 34.5 Å². The van der Waals surface area contributed by atoms with E-state index in [0.717, 1.165) is 0 Å². The van der Waals surface area contributed by atoms with Gasteiger partial charge in [0.15, 0.2) is 0 Å². The van der Waals surface area contributed by atoms with E-state index in [-0.39, 0.29) is 5.31 Å². The highest BCUT2D eigenvalue weighted by atomic mass is 35.5. The lowest BCUT2D eigenvalue weighted by atomic mass is 9.65. The van der Waals surface area contributed by atoms with Gasteiger partial charge in [0.2, 0.25) is 0 Å². The lowest BCUT2D eigenvalue weighted by Crippen LogP contribution is -2.29. The summed E-state index contributed by atoms with van der Waals surface area (Å²) in [5.74, 6) is 0. The highest BCUT2D eigenvalue weighted by molar-refractivity contribution is 7.35. The highest BCUT2D eigenvalue weighted by Gasteiger charge is 2.38. The van der Waals surface area contributed by atoms with Gasteiger partial charge in [0, 0.05) is 5.31 Å². The minimum atomic E-state index is -0.396. The Morgan fingerprint density at radius 2 is 1.92 bits per heavy atom. The molecular weight excluding hydrogens is 202 g/mol. The predicted molar refractivity (Wildman–Crippen MR) is 60.3 cm³/mol. The third kappa shape index (κ3) is 1.31. The summed E-state index contributed by atoms with van der Waals surface area (Å²) in [6.45, 7) is 2.06. The summed E-state index contributed by atoms with van der Waals surface area (Å²) in [5, 5.41) is -0.223. The van der Waals surface area contributed by atoms with E-state index >= 15 is 0 Å². The molecule has 2 rings (SSSR count). The van der Waals surface area contributed by atoms with E-state index in [1.807, 2.05) is 12.1 Å². The summed E-state index contributed by atoms with van der Waals surface area (Å²) < 4.78 is 0. The molecule has 1 aromatic rings. The quantitative estimate of drug-likeness (QED) is 0.623. The Balaban J connectivity index is 2.55. The maximum atomic E-state index is 5.97. The molecule has 0 saturated carbocycles. The molecule has 0 fully saturated rings. The zero-order valence-electron chi connectivity index (χ0n) is 7.30. The van der Waals surface area contributed by atoms with E-state index < -0.39 is 5.54 Å². The molecule has 0 heterocycles. The summed E-state index contributed by atoms with van der Waals surface area (Å²) >= 11 is 11.9. The predicted octanol–water partition coefficient (Wildman–Crippen LogP) is 3.48. The second kappa shape index (κ2) is 3.07. The molecule has 0 aromatic heterocycles. The topological polar surface area (TPSA) is 0 Å². The first kappa shape index (κ1) is 9.17. The van der Waals surface area contributed by atoms with Crippen LogP contribution in [0, 0.1) is 0 Å². The maximum Gasteiger partial charge on any atom is 0.365 e. The molecule has 0 nitrogen and oxygen atoms in total. The number of benzene rings is 1. The van der Waals surface area contributed by atoms with E-state index in [2.05, 4.69) is 31.2 Å². The molecule has 0 saturated heterocycles. The van der Waals surface area contributed by atoms with E-state index in [9.17, 15) is 0 Å². The molecule has 3 heteroatoms. The van der Waals surface area contributed by atoms with Gasteiger partial charge < -0.3 is 0 Å². The van der Waals surface area contributed by atoms with Crippen molar-refractivity contribution in [3.63, 3.8) is 0 Å². The zero-order valence-corrected chi connectivity index (χ0v) is 8.81. The Morgan fingerprint density at radius 1 is 1.23 bits per heavy atom. The van der Waals surface area contributed by atoms with Crippen LogP contribution in [0.2, 0.25) is 0 Å². The molecule has 1 unspecified atom stereocenters. The second-order valence-electron chi connectivity index (χ2n) is 3.50. The van der Waals surface area contributed by atoms with E-state index in [1.54, 1.807) is 0 Å². The van der Waals surface area contributed by atoms with Crippen molar-refractivity contribution in [2.45, 2.75) is 12.2 Å². The van der Waals surface area contributed by atoms with Gasteiger partial charge in [-0.3, -0.25) is 0 Å². The van der Waals surface area contributed by atoms with Crippen LogP contribution < -0.4 is 0 Å². The van der Waals surface area contributed by atoms with Crippen LogP contribution in [0.25, 0.3) is 6.08 Å². The Labute approximate surface area is 88.5 Å². The largest absolute Gasteiger partial charge is 0.365 e. The molecule has 0 radical (unpaired) electrons. The average molecular weight is 211 g/mol. The lowest BCUT2D eigenvalue weighted by molar-refractivity contribution is 0.870. The molecule has 1 atom stereocenters. The molecule has 0 aliphatic heterocycles. The number of hydrogen-bond donors (Lipinski definition) is 0. The molecule has 1 aliphatic carbocycles.